The minimum absolute atomic E-state index is 0.151. The summed E-state index contributed by atoms with van der Waals surface area (Å²) in [6.07, 6.45) is -0.433. The molecule has 2 aromatic rings. The van der Waals surface area contributed by atoms with Crippen molar-refractivity contribution in [1.29, 1.82) is 0 Å². The Bertz CT molecular complexity index is 854. The molecular weight excluding hydrogens is 384 g/mol. The standard InChI is InChI=1S/C15H13BrN2O4S/c16-11-3-1-6-14(9-11)23(20,21)17-12-4-2-5-13(10-12)18-7-8-22-15(18)19/h1-6,9-10,17H,7-8H2. The van der Waals surface area contributed by atoms with Crippen LogP contribution in [-0.2, 0) is 14.8 Å². The van der Waals surface area contributed by atoms with Gasteiger partial charge < -0.3 is 4.74 Å². The second kappa shape index (κ2) is 6.21. The minimum atomic E-state index is -3.70. The third-order valence-corrected chi connectivity index (χ3v) is 5.15. The summed E-state index contributed by atoms with van der Waals surface area (Å²) < 4.78 is 32.9. The molecule has 1 heterocycles. The van der Waals surface area contributed by atoms with Gasteiger partial charge in [0.1, 0.15) is 6.61 Å². The van der Waals surface area contributed by atoms with Gasteiger partial charge in [0, 0.05) is 10.2 Å². The van der Waals surface area contributed by atoms with Crippen molar-refractivity contribution >= 4 is 43.4 Å². The van der Waals surface area contributed by atoms with Gasteiger partial charge in [-0.15, -0.1) is 0 Å². The van der Waals surface area contributed by atoms with Gasteiger partial charge >= 0.3 is 6.09 Å². The van der Waals surface area contributed by atoms with E-state index in [9.17, 15) is 13.2 Å². The lowest BCUT2D eigenvalue weighted by molar-refractivity contribution is 0.181. The van der Waals surface area contributed by atoms with Crippen molar-refractivity contribution in [3.8, 4) is 0 Å². The number of amides is 1. The average Bonchev–Trinajstić information content (AvgIpc) is 2.93. The van der Waals surface area contributed by atoms with Crippen LogP contribution in [0.15, 0.2) is 57.9 Å². The first kappa shape index (κ1) is 15.8. The number of hydrogen-bond donors (Lipinski definition) is 1. The lowest BCUT2D eigenvalue weighted by Gasteiger charge is -2.14. The van der Waals surface area contributed by atoms with Gasteiger partial charge in [0.05, 0.1) is 17.1 Å². The molecule has 23 heavy (non-hydrogen) atoms. The van der Waals surface area contributed by atoms with Crippen molar-refractivity contribution in [3.63, 3.8) is 0 Å². The van der Waals surface area contributed by atoms with E-state index in [0.717, 1.165) is 0 Å². The van der Waals surface area contributed by atoms with E-state index in [1.807, 2.05) is 0 Å². The molecule has 0 spiro atoms. The smallest absolute Gasteiger partial charge is 0.414 e. The zero-order valence-electron chi connectivity index (χ0n) is 11.9. The molecule has 6 nitrogen and oxygen atoms in total. The summed E-state index contributed by atoms with van der Waals surface area (Å²) in [6, 6.07) is 13.1. The first-order valence-corrected chi connectivity index (χ1v) is 9.06. The molecular formula is C15H13BrN2O4S. The molecule has 0 aromatic heterocycles. The monoisotopic (exact) mass is 396 g/mol. The number of cyclic esters (lactones) is 1. The number of sulfonamides is 1. The number of hydrogen-bond acceptors (Lipinski definition) is 4. The lowest BCUT2D eigenvalue weighted by atomic mass is 10.2. The molecule has 0 aliphatic carbocycles. The van der Waals surface area contributed by atoms with Gasteiger partial charge in [-0.3, -0.25) is 9.62 Å². The first-order valence-electron chi connectivity index (χ1n) is 6.78. The molecule has 3 rings (SSSR count). The quantitative estimate of drug-likeness (QED) is 0.860. The van der Waals surface area contributed by atoms with Crippen LogP contribution in [-0.4, -0.2) is 27.7 Å². The summed E-state index contributed by atoms with van der Waals surface area (Å²) in [5.41, 5.74) is 0.962. The van der Waals surface area contributed by atoms with Crippen LogP contribution in [0.2, 0.25) is 0 Å². The Hall–Kier alpha value is -2.06. The number of nitrogens with zero attached hydrogens (tertiary/aromatic N) is 1. The normalized spacial score (nSPS) is 14.7. The Morgan fingerprint density at radius 1 is 1.13 bits per heavy atom. The van der Waals surface area contributed by atoms with Crippen molar-refractivity contribution in [2.24, 2.45) is 0 Å². The van der Waals surface area contributed by atoms with E-state index >= 15 is 0 Å². The Morgan fingerprint density at radius 2 is 1.91 bits per heavy atom. The number of ether oxygens (including phenoxy) is 1. The number of carbonyl (C=O) groups excluding carboxylic acids is 1. The number of anilines is 2. The number of halogens is 1. The van der Waals surface area contributed by atoms with Crippen molar-refractivity contribution in [1.82, 2.24) is 0 Å². The van der Waals surface area contributed by atoms with Crippen LogP contribution in [0.1, 0.15) is 0 Å². The summed E-state index contributed by atoms with van der Waals surface area (Å²) in [6.45, 7) is 0.771. The summed E-state index contributed by atoms with van der Waals surface area (Å²) in [7, 11) is -3.70. The van der Waals surface area contributed by atoms with E-state index in [1.54, 1.807) is 36.4 Å². The highest BCUT2D eigenvalue weighted by atomic mass is 79.9. The van der Waals surface area contributed by atoms with Crippen molar-refractivity contribution in [3.05, 3.63) is 53.0 Å². The fourth-order valence-corrected chi connectivity index (χ4v) is 3.86. The highest BCUT2D eigenvalue weighted by Gasteiger charge is 2.24. The Labute approximate surface area is 142 Å². The SMILES string of the molecule is O=C1OCCN1c1cccc(NS(=O)(=O)c2cccc(Br)c2)c1. The summed E-state index contributed by atoms with van der Waals surface area (Å²) in [4.78, 5) is 13.2. The first-order chi connectivity index (χ1) is 11.0. The molecule has 0 radical (unpaired) electrons. The van der Waals surface area contributed by atoms with Gasteiger partial charge in [-0.05, 0) is 36.4 Å². The third kappa shape index (κ3) is 3.48. The minimum Gasteiger partial charge on any atom is -0.447 e. The molecule has 0 saturated carbocycles. The molecule has 1 saturated heterocycles. The van der Waals surface area contributed by atoms with Gasteiger partial charge in [-0.1, -0.05) is 28.1 Å². The van der Waals surface area contributed by atoms with Crippen LogP contribution in [0.25, 0.3) is 0 Å². The Morgan fingerprint density at radius 3 is 2.61 bits per heavy atom. The Kier molecular flexibility index (Phi) is 4.27. The molecule has 1 aliphatic rings. The van der Waals surface area contributed by atoms with Crippen molar-refractivity contribution in [2.75, 3.05) is 22.8 Å². The van der Waals surface area contributed by atoms with E-state index in [0.29, 0.717) is 29.0 Å². The van der Waals surface area contributed by atoms with Crippen LogP contribution >= 0.6 is 15.9 Å². The third-order valence-electron chi connectivity index (χ3n) is 3.28. The van der Waals surface area contributed by atoms with Crippen LogP contribution in [0.3, 0.4) is 0 Å². The topological polar surface area (TPSA) is 75.7 Å². The number of benzene rings is 2. The van der Waals surface area contributed by atoms with E-state index in [4.69, 9.17) is 4.74 Å². The summed E-state index contributed by atoms with van der Waals surface area (Å²) in [5, 5.41) is 0. The molecule has 8 heteroatoms. The van der Waals surface area contributed by atoms with E-state index < -0.39 is 16.1 Å². The number of carbonyl (C=O) groups is 1. The highest BCUT2D eigenvalue weighted by molar-refractivity contribution is 9.10. The zero-order valence-corrected chi connectivity index (χ0v) is 14.3. The molecule has 120 valence electrons. The number of nitrogens with one attached hydrogen (secondary N) is 1. The summed E-state index contributed by atoms with van der Waals surface area (Å²) in [5.74, 6) is 0. The number of rotatable bonds is 4. The fourth-order valence-electron chi connectivity index (χ4n) is 2.21. The largest absolute Gasteiger partial charge is 0.447 e. The maximum Gasteiger partial charge on any atom is 0.414 e. The molecule has 0 atom stereocenters. The molecule has 0 unspecified atom stereocenters. The summed E-state index contributed by atoms with van der Waals surface area (Å²) >= 11 is 3.25. The van der Waals surface area contributed by atoms with Gasteiger partial charge in [0.25, 0.3) is 10.0 Å². The van der Waals surface area contributed by atoms with E-state index in [2.05, 4.69) is 20.7 Å². The Balaban J connectivity index is 1.87. The highest BCUT2D eigenvalue weighted by Crippen LogP contribution is 2.25. The second-order valence-electron chi connectivity index (χ2n) is 4.88. The molecule has 1 fully saturated rings. The fraction of sp³-hybridized carbons (Fsp3) is 0.133. The predicted molar refractivity (Wildman–Crippen MR) is 90.1 cm³/mol. The average molecular weight is 397 g/mol. The maximum atomic E-state index is 12.4. The van der Waals surface area contributed by atoms with Crippen LogP contribution < -0.4 is 9.62 Å². The van der Waals surface area contributed by atoms with E-state index in [-0.39, 0.29) is 4.90 Å². The van der Waals surface area contributed by atoms with Crippen molar-refractivity contribution in [2.45, 2.75) is 4.90 Å². The van der Waals surface area contributed by atoms with Gasteiger partial charge in [0.15, 0.2) is 0 Å². The van der Waals surface area contributed by atoms with Crippen LogP contribution in [0.5, 0.6) is 0 Å². The van der Waals surface area contributed by atoms with Crippen LogP contribution in [0.4, 0.5) is 16.2 Å². The predicted octanol–water partition coefficient (Wildman–Crippen LogP) is 3.21. The van der Waals surface area contributed by atoms with Crippen molar-refractivity contribution < 1.29 is 17.9 Å². The van der Waals surface area contributed by atoms with E-state index in [1.165, 1.54) is 17.0 Å². The second-order valence-corrected chi connectivity index (χ2v) is 7.48. The molecule has 1 N–H and O–H groups in total. The molecule has 0 bridgehead atoms. The molecule has 1 amide bonds. The van der Waals surface area contributed by atoms with Crippen LogP contribution in [0, 0.1) is 0 Å². The molecule has 1 aliphatic heterocycles. The van der Waals surface area contributed by atoms with Gasteiger partial charge in [0.2, 0.25) is 0 Å². The lowest BCUT2D eigenvalue weighted by Crippen LogP contribution is -2.23. The van der Waals surface area contributed by atoms with Gasteiger partial charge in [-0.25, -0.2) is 13.2 Å². The van der Waals surface area contributed by atoms with Gasteiger partial charge in [-0.2, -0.15) is 0 Å². The maximum absolute atomic E-state index is 12.4. The zero-order chi connectivity index (χ0) is 16.4. The molecule has 2 aromatic carbocycles.